The quantitative estimate of drug-likeness (QED) is 0.774. The number of phenols is 1. The van der Waals surface area contributed by atoms with Crippen LogP contribution in [0.4, 0.5) is 0 Å². The lowest BCUT2D eigenvalue weighted by Gasteiger charge is -2.20. The lowest BCUT2D eigenvalue weighted by atomic mass is 10.1. The number of carboxylic acid groups (broad SMARTS) is 1. The van der Waals surface area contributed by atoms with Crippen molar-refractivity contribution < 1.29 is 19.7 Å². The third kappa shape index (κ3) is 4.25. The Morgan fingerprint density at radius 3 is 2.67 bits per heavy atom. The largest absolute Gasteiger partial charge is 0.507 e. The van der Waals surface area contributed by atoms with Crippen LogP contribution in [0.1, 0.15) is 18.9 Å². The van der Waals surface area contributed by atoms with Crippen LogP contribution in [0, 0.1) is 0 Å². The van der Waals surface area contributed by atoms with E-state index in [0.29, 0.717) is 24.4 Å². The Kier molecular flexibility index (Phi) is 5.45. The molecule has 5 nitrogen and oxygen atoms in total. The number of benzene rings is 1. The molecule has 18 heavy (non-hydrogen) atoms. The van der Waals surface area contributed by atoms with Crippen LogP contribution < -0.4 is 4.74 Å². The first-order chi connectivity index (χ1) is 8.56. The maximum Gasteiger partial charge on any atom is 0.317 e. The minimum Gasteiger partial charge on any atom is -0.507 e. The molecule has 0 aliphatic rings. The molecular formula is C13H19NO4. The van der Waals surface area contributed by atoms with Gasteiger partial charge < -0.3 is 14.9 Å². The minimum atomic E-state index is -0.864. The first-order valence-electron chi connectivity index (χ1n) is 5.86. The summed E-state index contributed by atoms with van der Waals surface area (Å²) < 4.78 is 5.00. The maximum absolute atomic E-state index is 10.7. The molecule has 2 N–H and O–H groups in total. The SMILES string of the molecule is CCCN(CC(=O)O)Cc1ccc(OC)cc1O. The van der Waals surface area contributed by atoms with Crippen molar-refractivity contribution in [1.29, 1.82) is 0 Å². The predicted octanol–water partition coefficient (Wildman–Crippen LogP) is 1.70. The van der Waals surface area contributed by atoms with Crippen LogP contribution in [0.2, 0.25) is 0 Å². The molecule has 0 aromatic heterocycles. The Balaban J connectivity index is 2.76. The van der Waals surface area contributed by atoms with E-state index < -0.39 is 5.97 Å². The summed E-state index contributed by atoms with van der Waals surface area (Å²) in [6, 6.07) is 5.03. The van der Waals surface area contributed by atoms with Gasteiger partial charge in [-0.2, -0.15) is 0 Å². The second-order valence-corrected chi connectivity index (χ2v) is 4.10. The van der Waals surface area contributed by atoms with Crippen LogP contribution in [0.3, 0.4) is 0 Å². The number of ether oxygens (including phenoxy) is 1. The number of aliphatic carboxylic acids is 1. The van der Waals surface area contributed by atoms with Gasteiger partial charge in [0.15, 0.2) is 0 Å². The zero-order valence-electron chi connectivity index (χ0n) is 10.7. The van der Waals surface area contributed by atoms with E-state index >= 15 is 0 Å². The smallest absolute Gasteiger partial charge is 0.317 e. The van der Waals surface area contributed by atoms with E-state index in [1.807, 2.05) is 6.92 Å². The normalized spacial score (nSPS) is 10.6. The molecule has 1 aromatic carbocycles. The van der Waals surface area contributed by atoms with E-state index in [1.165, 1.54) is 13.2 Å². The van der Waals surface area contributed by atoms with Gasteiger partial charge in [-0.15, -0.1) is 0 Å². The van der Waals surface area contributed by atoms with Crippen molar-refractivity contribution in [3.8, 4) is 11.5 Å². The van der Waals surface area contributed by atoms with Crippen molar-refractivity contribution in [3.63, 3.8) is 0 Å². The van der Waals surface area contributed by atoms with Crippen molar-refractivity contribution >= 4 is 5.97 Å². The van der Waals surface area contributed by atoms with Crippen molar-refractivity contribution in [3.05, 3.63) is 23.8 Å². The highest BCUT2D eigenvalue weighted by Gasteiger charge is 2.12. The molecule has 0 saturated carbocycles. The highest BCUT2D eigenvalue weighted by atomic mass is 16.5. The molecule has 0 aliphatic heterocycles. The Hall–Kier alpha value is -1.75. The lowest BCUT2D eigenvalue weighted by Crippen LogP contribution is -2.30. The van der Waals surface area contributed by atoms with Crippen LogP contribution in [-0.4, -0.2) is 41.3 Å². The maximum atomic E-state index is 10.7. The third-order valence-corrected chi connectivity index (χ3v) is 2.59. The summed E-state index contributed by atoms with van der Waals surface area (Å²) in [7, 11) is 1.53. The topological polar surface area (TPSA) is 70.0 Å². The van der Waals surface area contributed by atoms with Gasteiger partial charge in [0.1, 0.15) is 11.5 Å². The molecule has 5 heteroatoms. The van der Waals surface area contributed by atoms with Crippen LogP contribution in [-0.2, 0) is 11.3 Å². The molecular weight excluding hydrogens is 234 g/mol. The molecule has 0 heterocycles. The summed E-state index contributed by atoms with van der Waals surface area (Å²) in [5, 5.41) is 18.6. The molecule has 1 aromatic rings. The molecule has 0 radical (unpaired) electrons. The van der Waals surface area contributed by atoms with Gasteiger partial charge in [0.05, 0.1) is 13.7 Å². The van der Waals surface area contributed by atoms with Crippen LogP contribution in [0.5, 0.6) is 11.5 Å². The Morgan fingerprint density at radius 1 is 1.44 bits per heavy atom. The molecule has 0 unspecified atom stereocenters. The fraction of sp³-hybridized carbons (Fsp3) is 0.462. The van der Waals surface area contributed by atoms with Gasteiger partial charge in [0.2, 0.25) is 0 Å². The van der Waals surface area contributed by atoms with E-state index in [-0.39, 0.29) is 12.3 Å². The first-order valence-corrected chi connectivity index (χ1v) is 5.86. The molecule has 0 saturated heterocycles. The fourth-order valence-corrected chi connectivity index (χ4v) is 1.77. The summed E-state index contributed by atoms with van der Waals surface area (Å²) in [6.45, 7) is 3.05. The van der Waals surface area contributed by atoms with E-state index in [0.717, 1.165) is 6.42 Å². The van der Waals surface area contributed by atoms with Gasteiger partial charge in [0.25, 0.3) is 0 Å². The summed E-state index contributed by atoms with van der Waals surface area (Å²) in [6.07, 6.45) is 0.865. The monoisotopic (exact) mass is 253 g/mol. The molecule has 0 atom stereocenters. The standard InChI is InChI=1S/C13H19NO4/c1-3-6-14(9-13(16)17)8-10-4-5-11(18-2)7-12(10)15/h4-5,7,15H,3,6,8-9H2,1-2H3,(H,16,17). The van der Waals surface area contributed by atoms with E-state index in [1.54, 1.807) is 17.0 Å². The van der Waals surface area contributed by atoms with Crippen LogP contribution in [0.25, 0.3) is 0 Å². The number of carbonyl (C=O) groups is 1. The number of methoxy groups -OCH3 is 1. The van der Waals surface area contributed by atoms with Crippen LogP contribution in [0.15, 0.2) is 18.2 Å². The van der Waals surface area contributed by atoms with Gasteiger partial charge >= 0.3 is 5.97 Å². The molecule has 1 rings (SSSR count). The Labute approximate surface area is 107 Å². The van der Waals surface area contributed by atoms with Gasteiger partial charge in [-0.25, -0.2) is 0 Å². The van der Waals surface area contributed by atoms with Gasteiger partial charge in [-0.1, -0.05) is 13.0 Å². The number of hydrogen-bond donors (Lipinski definition) is 2. The minimum absolute atomic E-state index is 0.0285. The first kappa shape index (κ1) is 14.3. The molecule has 0 bridgehead atoms. The summed E-state index contributed by atoms with van der Waals surface area (Å²) in [5.41, 5.74) is 0.700. The van der Waals surface area contributed by atoms with E-state index in [4.69, 9.17) is 9.84 Å². The number of phenolic OH excluding ortho intramolecular Hbond substituents is 1. The highest BCUT2D eigenvalue weighted by molar-refractivity contribution is 5.69. The fourth-order valence-electron chi connectivity index (χ4n) is 1.77. The van der Waals surface area contributed by atoms with Crippen molar-refractivity contribution in [2.24, 2.45) is 0 Å². The molecule has 0 amide bonds. The molecule has 100 valence electrons. The molecule has 0 fully saturated rings. The third-order valence-electron chi connectivity index (χ3n) is 2.59. The summed E-state index contributed by atoms with van der Waals surface area (Å²) >= 11 is 0. The lowest BCUT2D eigenvalue weighted by molar-refractivity contribution is -0.138. The average Bonchev–Trinajstić information content (AvgIpc) is 2.31. The number of aromatic hydroxyl groups is 1. The van der Waals surface area contributed by atoms with Crippen molar-refractivity contribution in [2.75, 3.05) is 20.2 Å². The second-order valence-electron chi connectivity index (χ2n) is 4.10. The molecule has 0 aliphatic carbocycles. The molecule has 0 spiro atoms. The van der Waals surface area contributed by atoms with Gasteiger partial charge in [-0.3, -0.25) is 9.69 Å². The second kappa shape index (κ2) is 6.86. The highest BCUT2D eigenvalue weighted by Crippen LogP contribution is 2.24. The zero-order valence-corrected chi connectivity index (χ0v) is 10.7. The number of rotatable bonds is 7. The van der Waals surface area contributed by atoms with Crippen molar-refractivity contribution in [2.45, 2.75) is 19.9 Å². The van der Waals surface area contributed by atoms with E-state index in [2.05, 4.69) is 0 Å². The number of carboxylic acids is 1. The Morgan fingerprint density at radius 2 is 2.17 bits per heavy atom. The van der Waals surface area contributed by atoms with Crippen LogP contribution >= 0.6 is 0 Å². The number of hydrogen-bond acceptors (Lipinski definition) is 4. The Bertz CT molecular complexity index is 406. The average molecular weight is 253 g/mol. The summed E-state index contributed by atoms with van der Waals surface area (Å²) in [5.74, 6) is -0.159. The van der Waals surface area contributed by atoms with E-state index in [9.17, 15) is 9.90 Å². The predicted molar refractivity (Wildman–Crippen MR) is 67.9 cm³/mol. The van der Waals surface area contributed by atoms with Gasteiger partial charge in [-0.05, 0) is 19.0 Å². The zero-order chi connectivity index (χ0) is 13.5. The number of nitrogens with zero attached hydrogens (tertiary/aromatic N) is 1. The van der Waals surface area contributed by atoms with Crippen molar-refractivity contribution in [1.82, 2.24) is 4.90 Å². The van der Waals surface area contributed by atoms with Gasteiger partial charge in [0, 0.05) is 18.2 Å². The summed E-state index contributed by atoms with van der Waals surface area (Å²) in [4.78, 5) is 12.5.